The van der Waals surface area contributed by atoms with Gasteiger partial charge in [0.1, 0.15) is 0 Å². The smallest absolute Gasteiger partial charge is 0.407 e. The van der Waals surface area contributed by atoms with E-state index in [1.54, 1.807) is 0 Å². The Bertz CT molecular complexity index is 435. The van der Waals surface area contributed by atoms with Crippen molar-refractivity contribution in [1.29, 1.82) is 0 Å². The Morgan fingerprint density at radius 3 is 2.47 bits per heavy atom. The summed E-state index contributed by atoms with van der Waals surface area (Å²) in [6, 6.07) is 0.672. The number of hydrogen-bond donors (Lipinski definition) is 1. The van der Waals surface area contributed by atoms with Gasteiger partial charge in [-0.2, -0.15) is 4.39 Å². The van der Waals surface area contributed by atoms with Crippen LogP contribution in [-0.4, -0.2) is 11.0 Å². The largest absolute Gasteiger partial charge is 0.410 e. The molecule has 0 radical (unpaired) electrons. The number of amides is 1. The van der Waals surface area contributed by atoms with Gasteiger partial charge >= 0.3 is 11.8 Å². The fraction of sp³-hybridized carbons (Fsp3) is 0. The lowest BCUT2D eigenvalue weighted by atomic mass is 10.3. The van der Waals surface area contributed by atoms with E-state index in [9.17, 15) is 23.7 Å². The zero-order valence-corrected chi connectivity index (χ0v) is 7.07. The molecule has 6 nitrogen and oxygen atoms in total. The first kappa shape index (κ1) is 10.8. The van der Waals surface area contributed by atoms with Crippen LogP contribution >= 0.6 is 0 Å². The number of halogens is 2. The van der Waals surface area contributed by atoms with Gasteiger partial charge in [-0.15, -0.1) is 0 Å². The van der Waals surface area contributed by atoms with Crippen LogP contribution in [0.2, 0.25) is 0 Å². The van der Waals surface area contributed by atoms with Crippen LogP contribution < -0.4 is 10.5 Å². The van der Waals surface area contributed by atoms with E-state index in [4.69, 9.17) is 0 Å². The summed E-state index contributed by atoms with van der Waals surface area (Å²) in [5.41, 5.74) is 3.56. The van der Waals surface area contributed by atoms with Crippen LogP contribution in [0, 0.1) is 21.7 Å². The van der Waals surface area contributed by atoms with Gasteiger partial charge in [0.25, 0.3) is 0 Å². The topological polar surface area (TPSA) is 95.5 Å². The first-order valence-corrected chi connectivity index (χ1v) is 3.52. The lowest BCUT2D eigenvalue weighted by Crippen LogP contribution is -2.17. The molecular weight excluding hydrogens is 214 g/mol. The van der Waals surface area contributed by atoms with Crippen molar-refractivity contribution >= 4 is 11.8 Å². The zero-order chi connectivity index (χ0) is 11.6. The summed E-state index contributed by atoms with van der Waals surface area (Å²) >= 11 is 0. The molecule has 0 saturated carbocycles. The zero-order valence-electron chi connectivity index (χ0n) is 7.07. The lowest BCUT2D eigenvalue weighted by molar-refractivity contribution is -0.387. The minimum atomic E-state index is -1.37. The fourth-order valence-corrected chi connectivity index (χ4v) is 0.845. The second kappa shape index (κ2) is 3.86. The van der Waals surface area contributed by atoms with Gasteiger partial charge in [-0.3, -0.25) is 10.1 Å². The van der Waals surface area contributed by atoms with Crippen LogP contribution in [0.3, 0.4) is 0 Å². The first-order valence-electron chi connectivity index (χ1n) is 3.52. The summed E-state index contributed by atoms with van der Waals surface area (Å²) in [7, 11) is 0. The van der Waals surface area contributed by atoms with Gasteiger partial charge < -0.3 is 10.5 Å². The number of nitro groups is 1. The third kappa shape index (κ3) is 2.36. The normalized spacial score (nSPS) is 9.73. The van der Waals surface area contributed by atoms with Gasteiger partial charge in [0, 0.05) is 6.07 Å². The molecule has 0 aliphatic carbocycles. The minimum Gasteiger partial charge on any atom is -0.407 e. The van der Waals surface area contributed by atoms with E-state index < -0.39 is 34.1 Å². The number of rotatable bonds is 2. The number of carbonyl (C=O) groups is 1. The molecule has 0 bridgehead atoms. The number of hydrogen-bond acceptors (Lipinski definition) is 4. The Morgan fingerprint density at radius 1 is 1.40 bits per heavy atom. The first-order chi connectivity index (χ1) is 6.91. The van der Waals surface area contributed by atoms with E-state index >= 15 is 0 Å². The molecular formula is C7H4F2N2O4. The second-order valence-corrected chi connectivity index (χ2v) is 2.41. The molecule has 0 fully saturated rings. The van der Waals surface area contributed by atoms with E-state index in [0.717, 1.165) is 0 Å². The molecule has 1 aromatic carbocycles. The summed E-state index contributed by atoms with van der Waals surface area (Å²) in [5.74, 6) is -3.41. The van der Waals surface area contributed by atoms with Gasteiger partial charge in [0.05, 0.1) is 11.0 Å². The van der Waals surface area contributed by atoms with Crippen molar-refractivity contribution in [2.75, 3.05) is 0 Å². The molecule has 0 aliphatic heterocycles. The number of carbonyl (C=O) groups excluding carboxylic acids is 1. The highest BCUT2D eigenvalue weighted by Gasteiger charge is 2.20. The molecule has 0 aliphatic rings. The summed E-state index contributed by atoms with van der Waals surface area (Å²) in [4.78, 5) is 19.4. The molecule has 1 aromatic rings. The third-order valence-electron chi connectivity index (χ3n) is 1.41. The Labute approximate surface area is 81.4 Å². The number of nitrogens with zero attached hydrogens (tertiary/aromatic N) is 1. The fourth-order valence-electron chi connectivity index (χ4n) is 0.845. The number of nitrogens with two attached hydrogens (primary N) is 1. The number of ether oxygens (including phenoxy) is 1. The molecule has 1 rings (SSSR count). The van der Waals surface area contributed by atoms with Crippen LogP contribution in [0.4, 0.5) is 19.3 Å². The van der Waals surface area contributed by atoms with Gasteiger partial charge in [-0.05, 0) is 0 Å². The van der Waals surface area contributed by atoms with E-state index in [1.807, 2.05) is 0 Å². The Balaban J connectivity index is 3.23. The van der Waals surface area contributed by atoms with Crippen LogP contribution in [0.15, 0.2) is 12.1 Å². The van der Waals surface area contributed by atoms with Crippen molar-refractivity contribution in [1.82, 2.24) is 0 Å². The summed E-state index contributed by atoms with van der Waals surface area (Å²) in [5, 5.41) is 10.2. The Kier molecular flexibility index (Phi) is 2.79. The summed E-state index contributed by atoms with van der Waals surface area (Å²) in [6.07, 6.45) is -1.35. The maximum Gasteiger partial charge on any atom is 0.410 e. The predicted molar refractivity (Wildman–Crippen MR) is 43.2 cm³/mol. The SMILES string of the molecule is NC(=O)Oc1cc([N+](=O)[O-])c(F)cc1F. The lowest BCUT2D eigenvalue weighted by Gasteiger charge is -2.02. The maximum absolute atomic E-state index is 12.9. The molecule has 0 heterocycles. The van der Waals surface area contributed by atoms with E-state index in [0.29, 0.717) is 6.07 Å². The maximum atomic E-state index is 12.9. The van der Waals surface area contributed by atoms with Gasteiger partial charge in [-0.1, -0.05) is 0 Å². The molecule has 0 spiro atoms. The Hall–Kier alpha value is -2.25. The number of primary amides is 1. The highest BCUT2D eigenvalue weighted by Crippen LogP contribution is 2.26. The number of nitro benzene ring substituents is 1. The monoisotopic (exact) mass is 218 g/mol. The van der Waals surface area contributed by atoms with Crippen LogP contribution in [0.1, 0.15) is 0 Å². The molecule has 0 saturated heterocycles. The standard InChI is InChI=1S/C7H4F2N2O4/c8-3-1-4(9)6(15-7(10)12)2-5(3)11(13)14/h1-2H,(H2,10,12). The highest BCUT2D eigenvalue weighted by molar-refractivity contribution is 5.68. The van der Waals surface area contributed by atoms with Crippen LogP contribution in [0.5, 0.6) is 5.75 Å². The van der Waals surface area contributed by atoms with Gasteiger partial charge in [-0.25, -0.2) is 9.18 Å². The third-order valence-corrected chi connectivity index (χ3v) is 1.41. The van der Waals surface area contributed by atoms with Crippen LogP contribution in [-0.2, 0) is 0 Å². The molecule has 0 atom stereocenters. The molecule has 2 N–H and O–H groups in total. The van der Waals surface area contributed by atoms with Crippen molar-refractivity contribution in [3.63, 3.8) is 0 Å². The second-order valence-electron chi connectivity index (χ2n) is 2.41. The van der Waals surface area contributed by atoms with Crippen molar-refractivity contribution < 1.29 is 23.2 Å². The minimum absolute atomic E-state index is 0.233. The van der Waals surface area contributed by atoms with Gasteiger partial charge in [0.15, 0.2) is 11.6 Å². The van der Waals surface area contributed by atoms with Crippen LogP contribution in [0.25, 0.3) is 0 Å². The molecule has 8 heteroatoms. The molecule has 80 valence electrons. The van der Waals surface area contributed by atoms with Crippen molar-refractivity contribution in [2.24, 2.45) is 5.73 Å². The van der Waals surface area contributed by atoms with E-state index in [1.165, 1.54) is 0 Å². The highest BCUT2D eigenvalue weighted by atomic mass is 19.1. The average molecular weight is 218 g/mol. The average Bonchev–Trinajstić information content (AvgIpc) is 2.08. The van der Waals surface area contributed by atoms with Crippen molar-refractivity contribution in [2.45, 2.75) is 0 Å². The predicted octanol–water partition coefficient (Wildman–Crippen LogP) is 1.33. The Morgan fingerprint density at radius 2 is 2.00 bits per heavy atom. The summed E-state index contributed by atoms with van der Waals surface area (Å²) < 4.78 is 29.7. The quantitative estimate of drug-likeness (QED) is 0.598. The van der Waals surface area contributed by atoms with Gasteiger partial charge in [0.2, 0.25) is 5.82 Å². The molecule has 0 unspecified atom stereocenters. The van der Waals surface area contributed by atoms with Crippen molar-refractivity contribution in [3.05, 3.63) is 33.9 Å². The number of benzene rings is 1. The van der Waals surface area contributed by atoms with Crippen molar-refractivity contribution in [3.8, 4) is 5.75 Å². The molecule has 15 heavy (non-hydrogen) atoms. The summed E-state index contributed by atoms with van der Waals surface area (Å²) in [6.45, 7) is 0. The molecule has 1 amide bonds. The van der Waals surface area contributed by atoms with E-state index in [-0.39, 0.29) is 6.07 Å². The van der Waals surface area contributed by atoms with E-state index in [2.05, 4.69) is 10.5 Å². The molecule has 0 aromatic heterocycles.